The lowest BCUT2D eigenvalue weighted by atomic mass is 10.1. The second-order valence-electron chi connectivity index (χ2n) is 4.60. The summed E-state index contributed by atoms with van der Waals surface area (Å²) < 4.78 is 13.2. The summed E-state index contributed by atoms with van der Waals surface area (Å²) in [7, 11) is 1.97. The van der Waals surface area contributed by atoms with Crippen LogP contribution in [0, 0.1) is 5.82 Å². The number of hydrogen-bond acceptors (Lipinski definition) is 2. The Balaban J connectivity index is 0.00000162. The van der Waals surface area contributed by atoms with E-state index in [-0.39, 0.29) is 18.2 Å². The van der Waals surface area contributed by atoms with Gasteiger partial charge in [-0.15, -0.1) is 12.4 Å². The molecule has 1 heterocycles. The summed E-state index contributed by atoms with van der Waals surface area (Å²) in [6.45, 7) is 2.85. The second kappa shape index (κ2) is 7.29. The summed E-state index contributed by atoms with van der Waals surface area (Å²) in [4.78, 5) is 2.39. The van der Waals surface area contributed by atoms with E-state index in [1.54, 1.807) is 6.07 Å². The first kappa shape index (κ1) is 15.7. The van der Waals surface area contributed by atoms with Crippen molar-refractivity contribution >= 4 is 24.0 Å². The van der Waals surface area contributed by atoms with Crippen LogP contribution in [0.25, 0.3) is 0 Å². The topological polar surface area (TPSA) is 15.3 Å². The first-order chi connectivity index (χ1) is 8.19. The van der Waals surface area contributed by atoms with Gasteiger partial charge in [0, 0.05) is 24.2 Å². The fourth-order valence-corrected chi connectivity index (χ4v) is 2.75. The third kappa shape index (κ3) is 4.09. The maximum atomic E-state index is 13.2. The molecule has 5 heteroatoms. The standard InChI is InChI=1S/C13H18ClFN2.ClH/c1-16-8-13-3-2-4-17(13)9-10-5-11(14)7-12(15)6-10;/h5-7,13,16H,2-4,8-9H2,1H3;1H. The molecule has 2 rings (SSSR count). The van der Waals surface area contributed by atoms with Gasteiger partial charge in [-0.3, -0.25) is 4.90 Å². The molecule has 1 N–H and O–H groups in total. The summed E-state index contributed by atoms with van der Waals surface area (Å²) >= 11 is 5.86. The van der Waals surface area contributed by atoms with Crippen molar-refractivity contribution in [1.82, 2.24) is 10.2 Å². The van der Waals surface area contributed by atoms with Crippen LogP contribution in [0.2, 0.25) is 5.02 Å². The van der Waals surface area contributed by atoms with Gasteiger partial charge < -0.3 is 5.32 Å². The van der Waals surface area contributed by atoms with Gasteiger partial charge in [0.1, 0.15) is 5.82 Å². The number of likely N-dealkylation sites (N-methyl/N-ethyl adjacent to an activating group) is 1. The molecule has 1 unspecified atom stereocenters. The highest BCUT2D eigenvalue weighted by molar-refractivity contribution is 6.30. The Hall–Kier alpha value is -0.350. The lowest BCUT2D eigenvalue weighted by Crippen LogP contribution is -2.36. The molecule has 1 aromatic rings. The lowest BCUT2D eigenvalue weighted by Gasteiger charge is -2.24. The Kier molecular flexibility index (Phi) is 6.36. The molecule has 0 aliphatic carbocycles. The maximum absolute atomic E-state index is 13.2. The molecule has 1 aliphatic rings. The summed E-state index contributed by atoms with van der Waals surface area (Å²) in [5.41, 5.74) is 0.956. The molecule has 102 valence electrons. The van der Waals surface area contributed by atoms with Gasteiger partial charge in [0.05, 0.1) is 0 Å². The molecular formula is C13H19Cl2FN2. The van der Waals surface area contributed by atoms with Crippen molar-refractivity contribution in [2.45, 2.75) is 25.4 Å². The van der Waals surface area contributed by atoms with Crippen molar-refractivity contribution in [2.24, 2.45) is 0 Å². The van der Waals surface area contributed by atoms with E-state index in [9.17, 15) is 4.39 Å². The van der Waals surface area contributed by atoms with Crippen LogP contribution in [-0.4, -0.2) is 31.1 Å². The number of rotatable bonds is 4. The SMILES string of the molecule is CNCC1CCCN1Cc1cc(F)cc(Cl)c1.Cl. The van der Waals surface area contributed by atoms with E-state index in [2.05, 4.69) is 10.2 Å². The average molecular weight is 293 g/mol. The maximum Gasteiger partial charge on any atom is 0.125 e. The summed E-state index contributed by atoms with van der Waals surface area (Å²) in [6.07, 6.45) is 2.43. The molecule has 1 saturated heterocycles. The molecular weight excluding hydrogens is 274 g/mol. The number of benzene rings is 1. The van der Waals surface area contributed by atoms with Gasteiger partial charge in [0.2, 0.25) is 0 Å². The van der Waals surface area contributed by atoms with Gasteiger partial charge >= 0.3 is 0 Å². The highest BCUT2D eigenvalue weighted by Gasteiger charge is 2.23. The molecule has 0 radical (unpaired) electrons. The molecule has 0 spiro atoms. The lowest BCUT2D eigenvalue weighted by molar-refractivity contribution is 0.242. The Labute approximate surface area is 119 Å². The highest BCUT2D eigenvalue weighted by Crippen LogP contribution is 2.21. The zero-order valence-electron chi connectivity index (χ0n) is 10.5. The van der Waals surface area contributed by atoms with Crippen LogP contribution in [0.3, 0.4) is 0 Å². The number of hydrogen-bond donors (Lipinski definition) is 1. The first-order valence-electron chi connectivity index (χ1n) is 6.02. The molecule has 0 aromatic heterocycles. The quantitative estimate of drug-likeness (QED) is 0.917. The number of likely N-dealkylation sites (tertiary alicyclic amines) is 1. The van der Waals surface area contributed by atoms with Crippen LogP contribution < -0.4 is 5.32 Å². The molecule has 1 aromatic carbocycles. The van der Waals surface area contributed by atoms with E-state index in [0.29, 0.717) is 11.1 Å². The smallest absolute Gasteiger partial charge is 0.125 e. The Bertz CT molecular complexity index is 367. The normalized spacial score (nSPS) is 19.8. The fraction of sp³-hybridized carbons (Fsp3) is 0.538. The fourth-order valence-electron chi connectivity index (χ4n) is 2.51. The van der Waals surface area contributed by atoms with Crippen LogP contribution in [0.4, 0.5) is 4.39 Å². The van der Waals surface area contributed by atoms with Gasteiger partial charge in [-0.1, -0.05) is 11.6 Å². The molecule has 1 atom stereocenters. The van der Waals surface area contributed by atoms with Crippen molar-refractivity contribution in [2.75, 3.05) is 20.1 Å². The van der Waals surface area contributed by atoms with Gasteiger partial charge in [-0.2, -0.15) is 0 Å². The molecule has 18 heavy (non-hydrogen) atoms. The average Bonchev–Trinajstić information content (AvgIpc) is 2.65. The van der Waals surface area contributed by atoms with Crippen molar-refractivity contribution in [3.8, 4) is 0 Å². The minimum atomic E-state index is -0.253. The monoisotopic (exact) mass is 292 g/mol. The van der Waals surface area contributed by atoms with E-state index in [4.69, 9.17) is 11.6 Å². The zero-order chi connectivity index (χ0) is 12.3. The summed E-state index contributed by atoms with van der Waals surface area (Å²) in [6, 6.07) is 5.32. The van der Waals surface area contributed by atoms with E-state index >= 15 is 0 Å². The van der Waals surface area contributed by atoms with Crippen LogP contribution >= 0.6 is 24.0 Å². The molecule has 0 saturated carbocycles. The predicted octanol–water partition coefficient (Wildman–Crippen LogP) is 3.08. The van der Waals surface area contributed by atoms with Gasteiger partial charge in [-0.25, -0.2) is 4.39 Å². The Morgan fingerprint density at radius 3 is 2.89 bits per heavy atom. The van der Waals surface area contributed by atoms with E-state index < -0.39 is 0 Å². The minimum Gasteiger partial charge on any atom is -0.318 e. The van der Waals surface area contributed by atoms with Crippen molar-refractivity contribution in [3.05, 3.63) is 34.6 Å². The molecule has 0 bridgehead atoms. The summed E-state index contributed by atoms with van der Waals surface area (Å²) in [5, 5.41) is 3.68. The van der Waals surface area contributed by atoms with Crippen molar-refractivity contribution in [1.29, 1.82) is 0 Å². The number of nitrogens with one attached hydrogen (secondary N) is 1. The molecule has 1 fully saturated rings. The van der Waals surface area contributed by atoms with Gasteiger partial charge in [-0.05, 0) is 50.2 Å². The number of halogens is 3. The third-order valence-corrected chi connectivity index (χ3v) is 3.47. The predicted molar refractivity (Wildman–Crippen MR) is 76.0 cm³/mol. The second-order valence-corrected chi connectivity index (χ2v) is 5.04. The minimum absolute atomic E-state index is 0. The van der Waals surface area contributed by atoms with Gasteiger partial charge in [0.15, 0.2) is 0 Å². The molecule has 0 amide bonds. The van der Waals surface area contributed by atoms with Crippen LogP contribution in [0.15, 0.2) is 18.2 Å². The zero-order valence-corrected chi connectivity index (χ0v) is 12.0. The molecule has 1 aliphatic heterocycles. The van der Waals surface area contributed by atoms with E-state index in [1.807, 2.05) is 13.1 Å². The Morgan fingerprint density at radius 2 is 2.22 bits per heavy atom. The van der Waals surface area contributed by atoms with Crippen molar-refractivity contribution < 1.29 is 4.39 Å². The Morgan fingerprint density at radius 1 is 1.44 bits per heavy atom. The van der Waals surface area contributed by atoms with Crippen molar-refractivity contribution in [3.63, 3.8) is 0 Å². The highest BCUT2D eigenvalue weighted by atomic mass is 35.5. The first-order valence-corrected chi connectivity index (χ1v) is 6.40. The van der Waals surface area contributed by atoms with Crippen LogP contribution in [-0.2, 0) is 6.54 Å². The number of nitrogens with zero attached hydrogens (tertiary/aromatic N) is 1. The molecule has 2 nitrogen and oxygen atoms in total. The van der Waals surface area contributed by atoms with E-state index in [0.717, 1.165) is 25.2 Å². The third-order valence-electron chi connectivity index (χ3n) is 3.25. The van der Waals surface area contributed by atoms with E-state index in [1.165, 1.54) is 18.9 Å². The largest absolute Gasteiger partial charge is 0.318 e. The van der Waals surface area contributed by atoms with Crippen LogP contribution in [0.5, 0.6) is 0 Å². The summed E-state index contributed by atoms with van der Waals surface area (Å²) in [5.74, 6) is -0.253. The van der Waals surface area contributed by atoms with Gasteiger partial charge in [0.25, 0.3) is 0 Å². The van der Waals surface area contributed by atoms with Crippen LogP contribution in [0.1, 0.15) is 18.4 Å².